The number of likely N-dealkylation sites (N-methyl/N-ethyl adjacent to an activating group) is 1. The molecule has 5 heteroatoms. The molecule has 21 heavy (non-hydrogen) atoms. The number of nitrogens with two attached hydrogens (primary N) is 1. The second kappa shape index (κ2) is 7.29. The smallest absolute Gasteiger partial charge is 0.128 e. The van der Waals surface area contributed by atoms with Crippen LogP contribution in [0.2, 0.25) is 0 Å². The first-order valence-corrected chi connectivity index (χ1v) is 7.93. The monoisotopic (exact) mass is 309 g/mol. The van der Waals surface area contributed by atoms with Gasteiger partial charge in [0.1, 0.15) is 10.8 Å². The molecule has 0 aromatic heterocycles. The van der Waals surface area contributed by atoms with Crippen LogP contribution in [-0.4, -0.2) is 47.5 Å². The SMILES string of the molecule is CCC1CN(C)CCCN1Cc1ccc(C(N)=S)cc1F. The van der Waals surface area contributed by atoms with Crippen LogP contribution in [0.4, 0.5) is 4.39 Å². The first-order chi connectivity index (χ1) is 10.0. The molecule has 1 saturated heterocycles. The summed E-state index contributed by atoms with van der Waals surface area (Å²) in [5.74, 6) is -0.215. The third kappa shape index (κ3) is 4.22. The molecule has 0 aliphatic carbocycles. The van der Waals surface area contributed by atoms with Crippen LogP contribution < -0.4 is 5.73 Å². The van der Waals surface area contributed by atoms with E-state index in [1.165, 1.54) is 6.07 Å². The summed E-state index contributed by atoms with van der Waals surface area (Å²) in [6.07, 6.45) is 2.20. The summed E-state index contributed by atoms with van der Waals surface area (Å²) in [6.45, 7) is 6.01. The number of hydrogen-bond donors (Lipinski definition) is 1. The minimum atomic E-state index is -0.215. The molecule has 3 nitrogen and oxygen atoms in total. The van der Waals surface area contributed by atoms with Crippen molar-refractivity contribution in [1.82, 2.24) is 9.80 Å². The lowest BCUT2D eigenvalue weighted by Crippen LogP contribution is -2.39. The summed E-state index contributed by atoms with van der Waals surface area (Å²) < 4.78 is 14.2. The van der Waals surface area contributed by atoms with Crippen molar-refractivity contribution < 1.29 is 4.39 Å². The van der Waals surface area contributed by atoms with Crippen LogP contribution >= 0.6 is 12.2 Å². The first-order valence-electron chi connectivity index (χ1n) is 7.52. The number of benzene rings is 1. The van der Waals surface area contributed by atoms with E-state index in [4.69, 9.17) is 18.0 Å². The Kier molecular flexibility index (Phi) is 5.67. The van der Waals surface area contributed by atoms with Crippen LogP contribution in [0.1, 0.15) is 30.9 Å². The fourth-order valence-electron chi connectivity index (χ4n) is 2.94. The summed E-state index contributed by atoms with van der Waals surface area (Å²) in [5, 5.41) is 0. The highest BCUT2D eigenvalue weighted by Gasteiger charge is 2.22. The molecule has 1 fully saturated rings. The van der Waals surface area contributed by atoms with E-state index in [9.17, 15) is 4.39 Å². The van der Waals surface area contributed by atoms with E-state index in [1.807, 2.05) is 12.1 Å². The molecule has 1 heterocycles. The predicted octanol–water partition coefficient (Wildman–Crippen LogP) is 2.38. The quantitative estimate of drug-likeness (QED) is 0.866. The Balaban J connectivity index is 2.14. The second-order valence-electron chi connectivity index (χ2n) is 5.82. The van der Waals surface area contributed by atoms with Gasteiger partial charge in [-0.15, -0.1) is 0 Å². The van der Waals surface area contributed by atoms with E-state index < -0.39 is 0 Å². The minimum Gasteiger partial charge on any atom is -0.389 e. The van der Waals surface area contributed by atoms with Crippen LogP contribution in [-0.2, 0) is 6.54 Å². The molecule has 2 rings (SSSR count). The van der Waals surface area contributed by atoms with Crippen molar-refractivity contribution in [3.63, 3.8) is 0 Å². The van der Waals surface area contributed by atoms with Crippen LogP contribution in [0.25, 0.3) is 0 Å². The van der Waals surface area contributed by atoms with E-state index in [1.54, 1.807) is 0 Å². The Hall–Kier alpha value is -1.04. The molecule has 116 valence electrons. The molecule has 0 saturated carbocycles. The fraction of sp³-hybridized carbons (Fsp3) is 0.562. The van der Waals surface area contributed by atoms with Crippen LogP contribution in [0, 0.1) is 5.82 Å². The third-order valence-corrected chi connectivity index (χ3v) is 4.44. The van der Waals surface area contributed by atoms with Gasteiger partial charge in [-0.25, -0.2) is 4.39 Å². The molecule has 1 aliphatic rings. The molecule has 1 aromatic rings. The largest absolute Gasteiger partial charge is 0.389 e. The minimum absolute atomic E-state index is 0.215. The van der Waals surface area contributed by atoms with Gasteiger partial charge < -0.3 is 10.6 Å². The van der Waals surface area contributed by atoms with Gasteiger partial charge in [0.2, 0.25) is 0 Å². The number of thiocarbonyl (C=S) groups is 1. The van der Waals surface area contributed by atoms with Crippen molar-refractivity contribution in [2.45, 2.75) is 32.4 Å². The molecule has 1 atom stereocenters. The highest BCUT2D eigenvalue weighted by atomic mass is 32.1. The maximum Gasteiger partial charge on any atom is 0.128 e. The lowest BCUT2D eigenvalue weighted by atomic mass is 10.1. The standard InChI is InChI=1S/C16H24FN3S/c1-3-14-11-19(2)7-4-8-20(14)10-13-6-5-12(16(18)21)9-15(13)17/h5-6,9,14H,3-4,7-8,10-11H2,1-2H3,(H2,18,21). The van der Waals surface area contributed by atoms with Gasteiger partial charge in [0.05, 0.1) is 0 Å². The van der Waals surface area contributed by atoms with E-state index in [-0.39, 0.29) is 10.8 Å². The Morgan fingerprint density at radius 2 is 2.19 bits per heavy atom. The predicted molar refractivity (Wildman–Crippen MR) is 88.9 cm³/mol. The summed E-state index contributed by atoms with van der Waals surface area (Å²) >= 11 is 4.89. The molecule has 1 aliphatic heterocycles. The fourth-order valence-corrected chi connectivity index (χ4v) is 3.06. The summed E-state index contributed by atoms with van der Waals surface area (Å²) in [6, 6.07) is 5.55. The number of nitrogens with zero attached hydrogens (tertiary/aromatic N) is 2. The number of halogens is 1. The summed E-state index contributed by atoms with van der Waals surface area (Å²) in [4.78, 5) is 4.99. The number of rotatable bonds is 4. The first kappa shape index (κ1) is 16.3. The average Bonchev–Trinajstić information content (AvgIpc) is 2.62. The zero-order valence-electron chi connectivity index (χ0n) is 12.8. The van der Waals surface area contributed by atoms with Gasteiger partial charge in [0, 0.05) is 36.8 Å². The van der Waals surface area contributed by atoms with E-state index in [2.05, 4.69) is 23.8 Å². The highest BCUT2D eigenvalue weighted by molar-refractivity contribution is 7.80. The average molecular weight is 309 g/mol. The zero-order chi connectivity index (χ0) is 15.4. The van der Waals surface area contributed by atoms with E-state index in [0.717, 1.165) is 38.0 Å². The van der Waals surface area contributed by atoms with Gasteiger partial charge in [0.15, 0.2) is 0 Å². The molecular weight excluding hydrogens is 285 g/mol. The van der Waals surface area contributed by atoms with Crippen molar-refractivity contribution in [3.05, 3.63) is 35.1 Å². The third-order valence-electron chi connectivity index (χ3n) is 4.21. The summed E-state index contributed by atoms with van der Waals surface area (Å²) in [5.41, 5.74) is 6.86. The maximum atomic E-state index is 14.2. The number of hydrogen-bond acceptors (Lipinski definition) is 3. The normalized spacial score (nSPS) is 21.2. The van der Waals surface area contributed by atoms with Crippen molar-refractivity contribution in [3.8, 4) is 0 Å². The van der Waals surface area contributed by atoms with Crippen molar-refractivity contribution in [2.24, 2.45) is 5.73 Å². The maximum absolute atomic E-state index is 14.2. The van der Waals surface area contributed by atoms with Crippen molar-refractivity contribution in [2.75, 3.05) is 26.7 Å². The Bertz CT molecular complexity index is 506. The molecule has 0 radical (unpaired) electrons. The summed E-state index contributed by atoms with van der Waals surface area (Å²) in [7, 11) is 2.16. The van der Waals surface area contributed by atoms with Gasteiger partial charge in [0.25, 0.3) is 0 Å². The van der Waals surface area contributed by atoms with Gasteiger partial charge in [-0.1, -0.05) is 31.3 Å². The lowest BCUT2D eigenvalue weighted by Gasteiger charge is -2.30. The van der Waals surface area contributed by atoms with Crippen molar-refractivity contribution in [1.29, 1.82) is 0 Å². The molecule has 1 aromatic carbocycles. The highest BCUT2D eigenvalue weighted by Crippen LogP contribution is 2.18. The molecular formula is C16H24FN3S. The van der Waals surface area contributed by atoms with Gasteiger partial charge >= 0.3 is 0 Å². The Morgan fingerprint density at radius 1 is 1.43 bits per heavy atom. The lowest BCUT2D eigenvalue weighted by molar-refractivity contribution is 0.174. The zero-order valence-corrected chi connectivity index (χ0v) is 13.6. The van der Waals surface area contributed by atoms with Gasteiger partial charge in [-0.3, -0.25) is 4.90 Å². The molecule has 0 bridgehead atoms. The van der Waals surface area contributed by atoms with Crippen molar-refractivity contribution >= 4 is 17.2 Å². The second-order valence-corrected chi connectivity index (χ2v) is 6.26. The van der Waals surface area contributed by atoms with Gasteiger partial charge in [-0.05, 0) is 32.5 Å². The Labute approximate surface area is 131 Å². The molecule has 0 amide bonds. The van der Waals surface area contributed by atoms with Gasteiger partial charge in [-0.2, -0.15) is 0 Å². The molecule has 2 N–H and O–H groups in total. The topological polar surface area (TPSA) is 32.5 Å². The molecule has 1 unspecified atom stereocenters. The van der Waals surface area contributed by atoms with Crippen LogP contribution in [0.5, 0.6) is 0 Å². The van der Waals surface area contributed by atoms with Crippen LogP contribution in [0.3, 0.4) is 0 Å². The Morgan fingerprint density at radius 3 is 2.81 bits per heavy atom. The molecule has 0 spiro atoms. The van der Waals surface area contributed by atoms with Crippen LogP contribution in [0.15, 0.2) is 18.2 Å². The van der Waals surface area contributed by atoms with E-state index >= 15 is 0 Å². The van der Waals surface area contributed by atoms with E-state index in [0.29, 0.717) is 18.2 Å².